The van der Waals surface area contributed by atoms with Crippen molar-refractivity contribution in [1.82, 2.24) is 0 Å². The number of para-hydroxylation sites is 1. The lowest BCUT2D eigenvalue weighted by Crippen LogP contribution is -2.10. The van der Waals surface area contributed by atoms with Crippen molar-refractivity contribution >= 4 is 17.9 Å². The molecule has 0 aromatic heterocycles. The van der Waals surface area contributed by atoms with Crippen LogP contribution in [-0.2, 0) is 0 Å². The lowest BCUT2D eigenvalue weighted by Gasteiger charge is -2.13. The van der Waals surface area contributed by atoms with Gasteiger partial charge in [-0.3, -0.25) is 4.79 Å². The summed E-state index contributed by atoms with van der Waals surface area (Å²) in [5, 5.41) is 0.502. The van der Waals surface area contributed by atoms with Crippen LogP contribution >= 0.6 is 11.6 Å². The normalized spacial score (nSPS) is 10.3. The number of halogens is 1. The van der Waals surface area contributed by atoms with E-state index in [9.17, 15) is 4.79 Å². The average Bonchev–Trinajstić information content (AvgIpc) is 2.67. The van der Waals surface area contributed by atoms with Crippen molar-refractivity contribution in [2.45, 2.75) is 0 Å². The summed E-state index contributed by atoms with van der Waals surface area (Å²) < 4.78 is 11.5. The van der Waals surface area contributed by atoms with Crippen LogP contribution < -0.4 is 9.47 Å². The van der Waals surface area contributed by atoms with E-state index in [2.05, 4.69) is 0 Å². The molecule has 25 heavy (non-hydrogen) atoms. The smallest absolute Gasteiger partial charge is 0.153 e. The Morgan fingerprint density at radius 1 is 0.800 bits per heavy atom. The highest BCUT2D eigenvalue weighted by molar-refractivity contribution is 6.30. The summed E-state index contributed by atoms with van der Waals surface area (Å²) in [7, 11) is 0. The summed E-state index contributed by atoms with van der Waals surface area (Å²) in [4.78, 5) is 11.1. The molecule has 0 aliphatic rings. The summed E-state index contributed by atoms with van der Waals surface area (Å²) >= 11 is 5.87. The van der Waals surface area contributed by atoms with Gasteiger partial charge in [0, 0.05) is 10.6 Å². The fourth-order valence-corrected chi connectivity index (χ4v) is 2.68. The van der Waals surface area contributed by atoms with Gasteiger partial charge in [-0.05, 0) is 29.8 Å². The van der Waals surface area contributed by atoms with Crippen LogP contribution in [0.5, 0.6) is 11.5 Å². The van der Waals surface area contributed by atoms with E-state index >= 15 is 0 Å². The number of rotatable bonds is 7. The molecule has 0 N–H and O–H groups in total. The van der Waals surface area contributed by atoms with Crippen molar-refractivity contribution in [1.29, 1.82) is 0 Å². The Balaban J connectivity index is 1.63. The molecule has 3 rings (SSSR count). The molecule has 0 bridgehead atoms. The van der Waals surface area contributed by atoms with E-state index in [-0.39, 0.29) is 0 Å². The van der Waals surface area contributed by atoms with Crippen LogP contribution in [0.3, 0.4) is 0 Å². The summed E-state index contributed by atoms with van der Waals surface area (Å²) in [6.07, 6.45) is 0.729. The van der Waals surface area contributed by atoms with Crippen LogP contribution in [-0.4, -0.2) is 19.5 Å². The number of benzene rings is 3. The molecule has 3 aromatic rings. The van der Waals surface area contributed by atoms with Gasteiger partial charge < -0.3 is 9.47 Å². The van der Waals surface area contributed by atoms with Crippen LogP contribution in [0.25, 0.3) is 11.1 Å². The van der Waals surface area contributed by atoms with Gasteiger partial charge in [-0.1, -0.05) is 60.1 Å². The van der Waals surface area contributed by atoms with Crippen LogP contribution in [0.1, 0.15) is 10.4 Å². The summed E-state index contributed by atoms with van der Waals surface area (Å²) in [6.45, 7) is 0.691. The zero-order chi connectivity index (χ0) is 17.5. The minimum absolute atomic E-state index is 0.325. The first-order chi connectivity index (χ1) is 12.3. The van der Waals surface area contributed by atoms with Crippen molar-refractivity contribution in [2.24, 2.45) is 0 Å². The molecule has 0 aliphatic carbocycles. The van der Waals surface area contributed by atoms with Gasteiger partial charge >= 0.3 is 0 Å². The molecule has 0 radical (unpaired) electrons. The summed E-state index contributed by atoms with van der Waals surface area (Å²) in [6, 6.07) is 22.9. The molecule has 0 atom stereocenters. The van der Waals surface area contributed by atoms with Gasteiger partial charge in [-0.15, -0.1) is 0 Å². The molecular formula is C21H17ClO3. The number of aldehydes is 1. The second-order valence-corrected chi connectivity index (χ2v) is 5.80. The standard InChI is InChI=1S/C21H17ClO3/c22-18-10-11-20(17(14-18)15-23)24-12-13-25-21-9-5-4-8-19(21)16-6-2-1-3-7-16/h1-11,14-15H,12-13H2. The first-order valence-corrected chi connectivity index (χ1v) is 8.30. The highest BCUT2D eigenvalue weighted by Crippen LogP contribution is 2.29. The van der Waals surface area contributed by atoms with Crippen molar-refractivity contribution in [3.8, 4) is 22.6 Å². The average molecular weight is 353 g/mol. The van der Waals surface area contributed by atoms with Crippen molar-refractivity contribution < 1.29 is 14.3 Å². The number of ether oxygens (including phenoxy) is 2. The molecule has 0 fully saturated rings. The Morgan fingerprint density at radius 3 is 2.24 bits per heavy atom. The molecule has 3 aromatic carbocycles. The molecule has 0 heterocycles. The van der Waals surface area contributed by atoms with E-state index in [4.69, 9.17) is 21.1 Å². The summed E-state index contributed by atoms with van der Waals surface area (Å²) in [5.41, 5.74) is 2.56. The highest BCUT2D eigenvalue weighted by Gasteiger charge is 2.07. The second kappa shape index (κ2) is 8.36. The van der Waals surface area contributed by atoms with Crippen molar-refractivity contribution in [3.05, 3.63) is 83.4 Å². The lowest BCUT2D eigenvalue weighted by atomic mass is 10.1. The predicted molar refractivity (Wildman–Crippen MR) is 99.7 cm³/mol. The molecular weight excluding hydrogens is 336 g/mol. The molecule has 126 valence electrons. The van der Waals surface area contributed by atoms with Crippen LogP contribution in [0.15, 0.2) is 72.8 Å². The third-order valence-electron chi connectivity index (χ3n) is 3.67. The van der Waals surface area contributed by atoms with Crippen molar-refractivity contribution in [3.63, 3.8) is 0 Å². The molecule has 0 unspecified atom stereocenters. The predicted octanol–water partition coefficient (Wildman–Crippen LogP) is 5.28. The van der Waals surface area contributed by atoms with E-state index < -0.39 is 0 Å². The quantitative estimate of drug-likeness (QED) is 0.429. The van der Waals surface area contributed by atoms with Crippen molar-refractivity contribution in [2.75, 3.05) is 13.2 Å². The summed E-state index contributed by atoms with van der Waals surface area (Å²) in [5.74, 6) is 1.29. The fraction of sp³-hybridized carbons (Fsp3) is 0.0952. The Hall–Kier alpha value is -2.78. The van der Waals surface area contributed by atoms with Gasteiger partial charge in [-0.2, -0.15) is 0 Å². The first-order valence-electron chi connectivity index (χ1n) is 7.93. The molecule has 3 nitrogen and oxygen atoms in total. The molecule has 0 spiro atoms. The topological polar surface area (TPSA) is 35.5 Å². The Labute approximate surface area is 151 Å². The Morgan fingerprint density at radius 2 is 1.48 bits per heavy atom. The Bertz CT molecular complexity index is 847. The monoisotopic (exact) mass is 352 g/mol. The Kier molecular flexibility index (Phi) is 5.70. The third kappa shape index (κ3) is 4.40. The number of hydrogen-bond donors (Lipinski definition) is 0. The maximum Gasteiger partial charge on any atom is 0.153 e. The lowest BCUT2D eigenvalue weighted by molar-refractivity contribution is 0.111. The number of hydrogen-bond acceptors (Lipinski definition) is 3. The molecule has 4 heteroatoms. The van der Waals surface area contributed by atoms with Gasteiger partial charge in [0.25, 0.3) is 0 Å². The minimum Gasteiger partial charge on any atom is -0.489 e. The van der Waals surface area contributed by atoms with Crippen LogP contribution in [0.4, 0.5) is 0 Å². The van der Waals surface area contributed by atoms with E-state index in [1.54, 1.807) is 18.2 Å². The van der Waals surface area contributed by atoms with Gasteiger partial charge in [0.15, 0.2) is 6.29 Å². The van der Waals surface area contributed by atoms with E-state index in [1.807, 2.05) is 54.6 Å². The zero-order valence-corrected chi connectivity index (χ0v) is 14.3. The van der Waals surface area contributed by atoms with E-state index in [0.29, 0.717) is 29.5 Å². The maximum atomic E-state index is 11.1. The van der Waals surface area contributed by atoms with Gasteiger partial charge in [0.2, 0.25) is 0 Å². The fourth-order valence-electron chi connectivity index (χ4n) is 2.49. The van der Waals surface area contributed by atoms with E-state index in [1.165, 1.54) is 0 Å². The van der Waals surface area contributed by atoms with Crippen LogP contribution in [0, 0.1) is 0 Å². The number of carbonyl (C=O) groups is 1. The molecule has 0 aliphatic heterocycles. The maximum absolute atomic E-state index is 11.1. The zero-order valence-electron chi connectivity index (χ0n) is 13.5. The first kappa shape index (κ1) is 17.1. The third-order valence-corrected chi connectivity index (χ3v) is 3.90. The molecule has 0 saturated carbocycles. The van der Waals surface area contributed by atoms with Gasteiger partial charge in [0.05, 0.1) is 5.56 Å². The molecule has 0 saturated heterocycles. The molecule has 0 amide bonds. The van der Waals surface area contributed by atoms with Crippen LogP contribution in [0.2, 0.25) is 5.02 Å². The van der Waals surface area contributed by atoms with E-state index in [0.717, 1.165) is 23.2 Å². The largest absolute Gasteiger partial charge is 0.489 e. The second-order valence-electron chi connectivity index (χ2n) is 5.36. The van der Waals surface area contributed by atoms with Gasteiger partial charge in [0.1, 0.15) is 24.7 Å². The highest BCUT2D eigenvalue weighted by atomic mass is 35.5. The minimum atomic E-state index is 0.325. The number of carbonyl (C=O) groups excluding carboxylic acids is 1. The van der Waals surface area contributed by atoms with Gasteiger partial charge in [-0.25, -0.2) is 0 Å². The SMILES string of the molecule is O=Cc1cc(Cl)ccc1OCCOc1ccccc1-c1ccccc1.